The molecule has 1 spiro atoms. The quantitative estimate of drug-likeness (QED) is 0.802. The van der Waals surface area contributed by atoms with Crippen molar-refractivity contribution in [2.24, 2.45) is 0 Å². The zero-order valence-corrected chi connectivity index (χ0v) is 12.6. The Morgan fingerprint density at radius 1 is 1.04 bits per heavy atom. The Balaban J connectivity index is 1.61. The van der Waals surface area contributed by atoms with Crippen LogP contribution in [0.15, 0.2) is 39.7 Å². The molecule has 0 bridgehead atoms. The van der Waals surface area contributed by atoms with Crippen molar-refractivity contribution in [3.63, 3.8) is 0 Å². The summed E-state index contributed by atoms with van der Waals surface area (Å²) in [7, 11) is 0. The van der Waals surface area contributed by atoms with E-state index in [-0.39, 0.29) is 5.91 Å². The molecule has 2 fully saturated rings. The topological polar surface area (TPSA) is 69.0 Å². The minimum atomic E-state index is -0.512. The lowest BCUT2D eigenvalue weighted by Crippen LogP contribution is -2.47. The van der Waals surface area contributed by atoms with Crippen LogP contribution in [0.2, 0.25) is 0 Å². The first-order valence-corrected chi connectivity index (χ1v) is 7.76. The molecule has 0 radical (unpaired) electrons. The van der Waals surface area contributed by atoms with Crippen molar-refractivity contribution in [2.45, 2.75) is 18.6 Å². The molecule has 2 saturated heterocycles. The minimum absolute atomic E-state index is 0.127. The van der Waals surface area contributed by atoms with Crippen molar-refractivity contribution in [1.29, 1.82) is 0 Å². The molecule has 2 aromatic rings. The fourth-order valence-corrected chi connectivity index (χ4v) is 3.31. The second kappa shape index (κ2) is 5.47. The van der Waals surface area contributed by atoms with E-state index in [2.05, 4.69) is 0 Å². The van der Waals surface area contributed by atoms with Crippen LogP contribution >= 0.6 is 0 Å². The average molecular weight is 315 g/mol. The van der Waals surface area contributed by atoms with Gasteiger partial charge in [-0.1, -0.05) is 18.2 Å². The first-order chi connectivity index (χ1) is 11.2. The third-order valence-corrected chi connectivity index (χ3v) is 4.58. The highest BCUT2D eigenvalue weighted by Crippen LogP contribution is 2.32. The van der Waals surface area contributed by atoms with E-state index in [4.69, 9.17) is 13.9 Å². The summed E-state index contributed by atoms with van der Waals surface area (Å²) < 4.78 is 16.4. The summed E-state index contributed by atoms with van der Waals surface area (Å²) in [5.74, 6) is -0.639. The van der Waals surface area contributed by atoms with Gasteiger partial charge in [-0.15, -0.1) is 0 Å². The zero-order chi connectivity index (χ0) is 15.9. The molecule has 4 rings (SSSR count). The number of carbonyl (C=O) groups excluding carboxylic acids is 1. The molecule has 1 aromatic heterocycles. The van der Waals surface area contributed by atoms with E-state index < -0.39 is 11.4 Å². The summed E-state index contributed by atoms with van der Waals surface area (Å²) >= 11 is 0. The van der Waals surface area contributed by atoms with Gasteiger partial charge in [-0.2, -0.15) is 0 Å². The van der Waals surface area contributed by atoms with E-state index in [1.807, 2.05) is 6.07 Å². The van der Waals surface area contributed by atoms with Crippen LogP contribution in [0.3, 0.4) is 0 Å². The molecule has 6 nitrogen and oxygen atoms in total. The number of rotatable bonds is 1. The monoisotopic (exact) mass is 315 g/mol. The molecule has 0 atom stereocenters. The van der Waals surface area contributed by atoms with Gasteiger partial charge in [0, 0.05) is 31.3 Å². The van der Waals surface area contributed by atoms with Crippen LogP contribution in [-0.2, 0) is 9.47 Å². The summed E-state index contributed by atoms with van der Waals surface area (Å²) in [6.45, 7) is 2.35. The maximum atomic E-state index is 12.8. The van der Waals surface area contributed by atoms with Crippen molar-refractivity contribution in [3.05, 3.63) is 46.5 Å². The number of likely N-dealkylation sites (tertiary alicyclic amines) is 1. The lowest BCUT2D eigenvalue weighted by atomic mass is 10.0. The normalized spacial score (nSPS) is 20.3. The molecule has 0 saturated carbocycles. The standard InChI is InChI=1S/C17H17NO5/c19-15(18-7-5-17(6-8-18)22-9-10-23-17)14-11-21-16(20)13-4-2-1-3-12(13)14/h1-4,11H,5-10H2. The number of nitrogens with zero attached hydrogens (tertiary/aromatic N) is 1. The van der Waals surface area contributed by atoms with Crippen LogP contribution in [0.1, 0.15) is 23.2 Å². The smallest absolute Gasteiger partial charge is 0.343 e. The Morgan fingerprint density at radius 2 is 1.70 bits per heavy atom. The zero-order valence-electron chi connectivity index (χ0n) is 12.6. The maximum absolute atomic E-state index is 12.8. The number of hydrogen-bond acceptors (Lipinski definition) is 5. The van der Waals surface area contributed by atoms with Crippen molar-refractivity contribution in [1.82, 2.24) is 4.90 Å². The first-order valence-electron chi connectivity index (χ1n) is 7.76. The molecule has 3 heterocycles. The number of carbonyl (C=O) groups is 1. The Kier molecular flexibility index (Phi) is 3.43. The molecule has 0 aliphatic carbocycles. The highest BCUT2D eigenvalue weighted by Gasteiger charge is 2.41. The number of ether oxygens (including phenoxy) is 2. The summed E-state index contributed by atoms with van der Waals surface area (Å²) in [5.41, 5.74) is -0.00749. The van der Waals surface area contributed by atoms with Crippen LogP contribution in [0.25, 0.3) is 10.8 Å². The Hall–Kier alpha value is -2.18. The summed E-state index contributed by atoms with van der Waals surface area (Å²) in [4.78, 5) is 26.3. The average Bonchev–Trinajstić information content (AvgIpc) is 3.04. The third kappa shape index (κ3) is 2.44. The summed E-state index contributed by atoms with van der Waals surface area (Å²) in [6, 6.07) is 7.01. The number of amides is 1. The van der Waals surface area contributed by atoms with E-state index in [0.29, 0.717) is 55.5 Å². The number of fused-ring (bicyclic) bond motifs is 1. The second-order valence-corrected chi connectivity index (χ2v) is 5.88. The molecule has 120 valence electrons. The van der Waals surface area contributed by atoms with Gasteiger partial charge in [0.25, 0.3) is 5.91 Å². The molecule has 0 unspecified atom stereocenters. The van der Waals surface area contributed by atoms with Gasteiger partial charge in [0.2, 0.25) is 0 Å². The number of hydrogen-bond donors (Lipinski definition) is 0. The molecule has 0 N–H and O–H groups in total. The van der Waals surface area contributed by atoms with Crippen molar-refractivity contribution in [3.8, 4) is 0 Å². The summed E-state index contributed by atoms with van der Waals surface area (Å²) in [5, 5.41) is 1.05. The van der Waals surface area contributed by atoms with E-state index in [0.717, 1.165) is 0 Å². The molecule has 23 heavy (non-hydrogen) atoms. The number of piperidine rings is 1. The van der Waals surface area contributed by atoms with Crippen LogP contribution in [0.4, 0.5) is 0 Å². The lowest BCUT2D eigenvalue weighted by molar-refractivity contribution is -0.181. The number of benzene rings is 1. The second-order valence-electron chi connectivity index (χ2n) is 5.88. The van der Waals surface area contributed by atoms with Gasteiger partial charge in [0.15, 0.2) is 5.79 Å². The minimum Gasteiger partial charge on any atom is -0.430 e. The van der Waals surface area contributed by atoms with E-state index in [1.54, 1.807) is 23.1 Å². The Labute approximate surface area is 132 Å². The van der Waals surface area contributed by atoms with Gasteiger partial charge in [-0.25, -0.2) is 4.79 Å². The molecular weight excluding hydrogens is 298 g/mol. The SMILES string of the molecule is O=C(c1coc(=O)c2ccccc12)N1CCC2(CC1)OCCO2. The van der Waals surface area contributed by atoms with Gasteiger partial charge in [-0.3, -0.25) is 4.79 Å². The molecule has 2 aliphatic rings. The predicted octanol–water partition coefficient (Wildman–Crippen LogP) is 1.77. The molecule has 6 heteroatoms. The Bertz CT molecular complexity index is 796. The maximum Gasteiger partial charge on any atom is 0.343 e. The van der Waals surface area contributed by atoms with E-state index in [9.17, 15) is 9.59 Å². The van der Waals surface area contributed by atoms with Crippen LogP contribution < -0.4 is 5.63 Å². The van der Waals surface area contributed by atoms with Crippen LogP contribution in [0, 0.1) is 0 Å². The van der Waals surface area contributed by atoms with Gasteiger partial charge in [-0.05, 0) is 6.07 Å². The van der Waals surface area contributed by atoms with Crippen molar-refractivity contribution >= 4 is 16.7 Å². The Morgan fingerprint density at radius 3 is 2.39 bits per heavy atom. The first kappa shape index (κ1) is 14.4. The van der Waals surface area contributed by atoms with Gasteiger partial charge < -0.3 is 18.8 Å². The molecule has 1 amide bonds. The van der Waals surface area contributed by atoms with Crippen LogP contribution in [-0.4, -0.2) is 42.9 Å². The highest BCUT2D eigenvalue weighted by atomic mass is 16.7. The fourth-order valence-electron chi connectivity index (χ4n) is 3.31. The summed E-state index contributed by atoms with van der Waals surface area (Å²) in [6.07, 6.45) is 2.58. The van der Waals surface area contributed by atoms with Gasteiger partial charge in [0.05, 0.1) is 24.2 Å². The van der Waals surface area contributed by atoms with Crippen molar-refractivity contribution in [2.75, 3.05) is 26.3 Å². The van der Waals surface area contributed by atoms with E-state index >= 15 is 0 Å². The van der Waals surface area contributed by atoms with Crippen molar-refractivity contribution < 1.29 is 18.7 Å². The fraction of sp³-hybridized carbons (Fsp3) is 0.412. The highest BCUT2D eigenvalue weighted by molar-refractivity contribution is 6.06. The van der Waals surface area contributed by atoms with Gasteiger partial charge in [0.1, 0.15) is 6.26 Å². The molecule has 2 aliphatic heterocycles. The van der Waals surface area contributed by atoms with Gasteiger partial charge >= 0.3 is 5.63 Å². The largest absolute Gasteiger partial charge is 0.430 e. The van der Waals surface area contributed by atoms with Crippen LogP contribution in [0.5, 0.6) is 0 Å². The molecular formula is C17H17NO5. The predicted molar refractivity (Wildman–Crippen MR) is 82.3 cm³/mol. The lowest BCUT2D eigenvalue weighted by Gasteiger charge is -2.37. The molecule has 1 aromatic carbocycles. The third-order valence-electron chi connectivity index (χ3n) is 4.58. The van der Waals surface area contributed by atoms with E-state index in [1.165, 1.54) is 6.26 Å².